The van der Waals surface area contributed by atoms with Crippen molar-refractivity contribution in [2.45, 2.75) is 13.5 Å². The highest BCUT2D eigenvalue weighted by Gasteiger charge is 2.11. The van der Waals surface area contributed by atoms with E-state index in [0.717, 1.165) is 18.7 Å². The lowest BCUT2D eigenvalue weighted by Gasteiger charge is -2.13. The second-order valence-corrected chi connectivity index (χ2v) is 3.79. The van der Waals surface area contributed by atoms with Gasteiger partial charge >= 0.3 is 0 Å². The maximum Gasteiger partial charge on any atom is 0.181 e. The van der Waals surface area contributed by atoms with E-state index in [1.807, 2.05) is 19.1 Å². The van der Waals surface area contributed by atoms with E-state index in [1.54, 1.807) is 7.11 Å². The minimum atomic E-state index is 0. The van der Waals surface area contributed by atoms with Crippen LogP contribution in [-0.2, 0) is 6.54 Å². The number of methoxy groups -OCH3 is 1. The first kappa shape index (κ1) is 16.9. The van der Waals surface area contributed by atoms with E-state index < -0.39 is 0 Å². The molecule has 0 unspecified atom stereocenters. The predicted octanol–water partition coefficient (Wildman–Crippen LogP) is 2.89. The SMILES string of the molecule is C#CCOc1c(Cl)cc(CNCC)cc1OC.Cl. The summed E-state index contributed by atoms with van der Waals surface area (Å²) in [5.41, 5.74) is 1.04. The second-order valence-electron chi connectivity index (χ2n) is 3.38. The highest BCUT2D eigenvalue weighted by atomic mass is 35.5. The van der Waals surface area contributed by atoms with Gasteiger partial charge in [0.1, 0.15) is 6.61 Å². The Hall–Kier alpha value is -1.08. The van der Waals surface area contributed by atoms with Crippen LogP contribution in [0, 0.1) is 12.3 Å². The molecule has 3 nitrogen and oxygen atoms in total. The van der Waals surface area contributed by atoms with Crippen molar-refractivity contribution in [1.29, 1.82) is 0 Å². The lowest BCUT2D eigenvalue weighted by Crippen LogP contribution is -2.12. The molecule has 0 saturated heterocycles. The van der Waals surface area contributed by atoms with Crippen LogP contribution in [0.1, 0.15) is 12.5 Å². The highest BCUT2D eigenvalue weighted by Crippen LogP contribution is 2.36. The summed E-state index contributed by atoms with van der Waals surface area (Å²) in [5.74, 6) is 3.49. The van der Waals surface area contributed by atoms with Crippen LogP contribution in [0.4, 0.5) is 0 Å². The van der Waals surface area contributed by atoms with Crippen molar-refractivity contribution in [2.24, 2.45) is 0 Å². The van der Waals surface area contributed by atoms with E-state index in [2.05, 4.69) is 11.2 Å². The molecule has 0 heterocycles. The Morgan fingerprint density at radius 3 is 2.72 bits per heavy atom. The highest BCUT2D eigenvalue weighted by molar-refractivity contribution is 6.32. The van der Waals surface area contributed by atoms with E-state index in [-0.39, 0.29) is 19.0 Å². The van der Waals surface area contributed by atoms with E-state index in [4.69, 9.17) is 27.5 Å². The number of nitrogens with one attached hydrogen (secondary N) is 1. The molecule has 0 aromatic heterocycles. The third-order valence-electron chi connectivity index (χ3n) is 2.17. The molecular weight excluding hydrogens is 273 g/mol. The van der Waals surface area contributed by atoms with Gasteiger partial charge in [0, 0.05) is 6.54 Å². The molecule has 0 aliphatic carbocycles. The first-order valence-corrected chi connectivity index (χ1v) is 5.74. The molecule has 100 valence electrons. The zero-order chi connectivity index (χ0) is 12.7. The Bertz CT molecular complexity index is 416. The molecule has 0 spiro atoms. The summed E-state index contributed by atoms with van der Waals surface area (Å²) in [6.45, 7) is 3.85. The summed E-state index contributed by atoms with van der Waals surface area (Å²) < 4.78 is 10.6. The fraction of sp³-hybridized carbons (Fsp3) is 0.385. The minimum absolute atomic E-state index is 0. The van der Waals surface area contributed by atoms with Crippen LogP contribution in [-0.4, -0.2) is 20.3 Å². The van der Waals surface area contributed by atoms with Gasteiger partial charge in [-0.25, -0.2) is 0 Å². The van der Waals surface area contributed by atoms with Crippen molar-refractivity contribution in [3.63, 3.8) is 0 Å². The molecule has 5 heteroatoms. The Morgan fingerprint density at radius 2 is 2.17 bits per heavy atom. The van der Waals surface area contributed by atoms with Crippen LogP contribution < -0.4 is 14.8 Å². The van der Waals surface area contributed by atoms with Gasteiger partial charge in [0.2, 0.25) is 0 Å². The normalized spacial score (nSPS) is 9.22. The molecule has 1 aromatic carbocycles. The van der Waals surface area contributed by atoms with Crippen LogP contribution in [0.25, 0.3) is 0 Å². The van der Waals surface area contributed by atoms with Crippen molar-refractivity contribution in [2.75, 3.05) is 20.3 Å². The van der Waals surface area contributed by atoms with Crippen LogP contribution in [0.5, 0.6) is 11.5 Å². The van der Waals surface area contributed by atoms with Gasteiger partial charge in [0.25, 0.3) is 0 Å². The summed E-state index contributed by atoms with van der Waals surface area (Å²) in [6, 6.07) is 3.74. The van der Waals surface area contributed by atoms with Gasteiger partial charge in [0.15, 0.2) is 11.5 Å². The molecule has 0 bridgehead atoms. The van der Waals surface area contributed by atoms with Gasteiger partial charge < -0.3 is 14.8 Å². The predicted molar refractivity (Wildman–Crippen MR) is 77.0 cm³/mol. The monoisotopic (exact) mass is 289 g/mol. The summed E-state index contributed by atoms with van der Waals surface area (Å²) in [6.07, 6.45) is 5.14. The molecule has 18 heavy (non-hydrogen) atoms. The van der Waals surface area contributed by atoms with Gasteiger partial charge in [-0.3, -0.25) is 0 Å². The zero-order valence-electron chi connectivity index (χ0n) is 10.5. The maximum absolute atomic E-state index is 6.13. The van der Waals surface area contributed by atoms with E-state index in [9.17, 15) is 0 Å². The number of hydrogen-bond donors (Lipinski definition) is 1. The number of hydrogen-bond acceptors (Lipinski definition) is 3. The summed E-state index contributed by atoms with van der Waals surface area (Å²) >= 11 is 6.13. The maximum atomic E-state index is 6.13. The van der Waals surface area contributed by atoms with Gasteiger partial charge in [0.05, 0.1) is 12.1 Å². The molecule has 1 aromatic rings. The van der Waals surface area contributed by atoms with Gasteiger partial charge in [-0.05, 0) is 24.2 Å². The molecule has 0 aliphatic rings. The van der Waals surface area contributed by atoms with Crippen molar-refractivity contribution >= 4 is 24.0 Å². The van der Waals surface area contributed by atoms with E-state index in [1.165, 1.54) is 0 Å². The number of benzene rings is 1. The zero-order valence-corrected chi connectivity index (χ0v) is 12.0. The third kappa shape index (κ3) is 4.66. The number of ether oxygens (including phenoxy) is 2. The van der Waals surface area contributed by atoms with Crippen molar-refractivity contribution in [3.8, 4) is 23.8 Å². The summed E-state index contributed by atoms with van der Waals surface area (Å²) in [7, 11) is 1.57. The number of terminal acetylenes is 1. The molecule has 1 rings (SSSR count). The number of rotatable bonds is 6. The van der Waals surface area contributed by atoms with Crippen LogP contribution >= 0.6 is 24.0 Å². The van der Waals surface area contributed by atoms with Gasteiger partial charge in [-0.1, -0.05) is 24.4 Å². The molecule has 0 saturated carbocycles. The Labute approximate surface area is 119 Å². The van der Waals surface area contributed by atoms with Gasteiger partial charge in [-0.15, -0.1) is 18.8 Å². The number of halogens is 2. The van der Waals surface area contributed by atoms with Crippen LogP contribution in [0.3, 0.4) is 0 Å². The van der Waals surface area contributed by atoms with Crippen LogP contribution in [0.15, 0.2) is 12.1 Å². The quantitative estimate of drug-likeness (QED) is 0.817. The lowest BCUT2D eigenvalue weighted by atomic mass is 10.2. The minimum Gasteiger partial charge on any atom is -0.493 e. The molecule has 0 aliphatic heterocycles. The summed E-state index contributed by atoms with van der Waals surface area (Å²) in [4.78, 5) is 0. The van der Waals surface area contributed by atoms with Crippen molar-refractivity contribution in [3.05, 3.63) is 22.7 Å². The first-order valence-electron chi connectivity index (χ1n) is 5.36. The van der Waals surface area contributed by atoms with E-state index >= 15 is 0 Å². The second kappa shape index (κ2) is 8.93. The van der Waals surface area contributed by atoms with E-state index in [0.29, 0.717) is 16.5 Å². The Kier molecular flexibility index (Phi) is 8.40. The van der Waals surface area contributed by atoms with Crippen molar-refractivity contribution in [1.82, 2.24) is 5.32 Å². The Balaban J connectivity index is 0.00000289. The fourth-order valence-electron chi connectivity index (χ4n) is 1.40. The molecular formula is C13H17Cl2NO2. The fourth-order valence-corrected chi connectivity index (χ4v) is 1.69. The average molecular weight is 290 g/mol. The third-order valence-corrected chi connectivity index (χ3v) is 2.45. The Morgan fingerprint density at radius 1 is 1.44 bits per heavy atom. The lowest BCUT2D eigenvalue weighted by molar-refractivity contribution is 0.331. The van der Waals surface area contributed by atoms with Crippen LogP contribution in [0.2, 0.25) is 5.02 Å². The molecule has 0 amide bonds. The molecule has 0 fully saturated rings. The van der Waals surface area contributed by atoms with Crippen molar-refractivity contribution < 1.29 is 9.47 Å². The molecule has 0 radical (unpaired) electrons. The largest absolute Gasteiger partial charge is 0.493 e. The smallest absolute Gasteiger partial charge is 0.181 e. The van der Waals surface area contributed by atoms with Gasteiger partial charge in [-0.2, -0.15) is 0 Å². The average Bonchev–Trinajstić information content (AvgIpc) is 2.34. The molecule has 0 atom stereocenters. The first-order chi connectivity index (χ1) is 8.22. The topological polar surface area (TPSA) is 30.5 Å². The molecule has 1 N–H and O–H groups in total. The summed E-state index contributed by atoms with van der Waals surface area (Å²) in [5, 5.41) is 3.73. The standard InChI is InChI=1S/C13H16ClNO2.ClH/c1-4-6-17-13-11(14)7-10(9-15-5-2)8-12(13)16-3;/h1,7-8,15H,5-6,9H2,2-3H3;1H.